The average Bonchev–Trinajstić information content (AvgIpc) is 2.98. The van der Waals surface area contributed by atoms with Gasteiger partial charge >= 0.3 is 5.97 Å². The molecule has 0 spiro atoms. The lowest BCUT2D eigenvalue weighted by atomic mass is 10.1. The summed E-state index contributed by atoms with van der Waals surface area (Å²) < 4.78 is 1.84. The lowest BCUT2D eigenvalue weighted by Crippen LogP contribution is -2.28. The number of pyridine rings is 1. The van der Waals surface area contributed by atoms with Crippen LogP contribution in [0, 0.1) is 0 Å². The Morgan fingerprint density at radius 3 is 2.95 bits per heavy atom. The van der Waals surface area contributed by atoms with Crippen LogP contribution in [0.5, 0.6) is 0 Å². The third-order valence-corrected chi connectivity index (χ3v) is 2.67. The van der Waals surface area contributed by atoms with Gasteiger partial charge in [0.2, 0.25) is 0 Å². The first-order valence-corrected chi connectivity index (χ1v) is 6.27. The largest absolute Gasteiger partial charge is 0.478 e. The van der Waals surface area contributed by atoms with E-state index in [4.69, 9.17) is 5.11 Å². The Kier molecular flexibility index (Phi) is 4.81. The van der Waals surface area contributed by atoms with Gasteiger partial charge in [-0.25, -0.2) is 9.78 Å². The monoisotopic (exact) mass is 286 g/mol. The van der Waals surface area contributed by atoms with Gasteiger partial charge in [-0.15, -0.1) is 0 Å². The Morgan fingerprint density at radius 2 is 2.24 bits per heavy atom. The fourth-order valence-corrected chi connectivity index (χ4v) is 1.70. The highest BCUT2D eigenvalue weighted by molar-refractivity contribution is 5.97. The second-order valence-corrected chi connectivity index (χ2v) is 4.17. The van der Waals surface area contributed by atoms with E-state index in [0.717, 1.165) is 6.08 Å². The van der Waals surface area contributed by atoms with Gasteiger partial charge in [-0.05, 0) is 12.1 Å². The average molecular weight is 286 g/mol. The summed E-state index contributed by atoms with van der Waals surface area (Å²) in [4.78, 5) is 30.5. The van der Waals surface area contributed by atoms with Gasteiger partial charge in [-0.1, -0.05) is 6.07 Å². The predicted octanol–water partition coefficient (Wildman–Crippen LogP) is 0.806. The number of hydrogen-bond acceptors (Lipinski definition) is 4. The van der Waals surface area contributed by atoms with Crippen LogP contribution in [0.25, 0.3) is 6.08 Å². The van der Waals surface area contributed by atoms with Crippen molar-refractivity contribution in [3.8, 4) is 0 Å². The summed E-state index contributed by atoms with van der Waals surface area (Å²) in [5.74, 6) is -1.42. The van der Waals surface area contributed by atoms with E-state index < -0.39 is 5.97 Å². The molecular formula is C14H14N4O3. The number of carbonyl (C=O) groups excluding carboxylic acids is 1. The molecule has 21 heavy (non-hydrogen) atoms. The van der Waals surface area contributed by atoms with E-state index in [9.17, 15) is 9.59 Å². The van der Waals surface area contributed by atoms with Gasteiger partial charge in [0, 0.05) is 43.3 Å². The first-order valence-electron chi connectivity index (χ1n) is 6.27. The quantitative estimate of drug-likeness (QED) is 0.766. The number of carbonyl (C=O) groups is 2. The van der Waals surface area contributed by atoms with E-state index in [2.05, 4.69) is 15.3 Å². The SMILES string of the molecule is O=C(O)/C=C/c1cccnc1C(=O)NCCn1ccnc1. The Morgan fingerprint density at radius 1 is 1.38 bits per heavy atom. The summed E-state index contributed by atoms with van der Waals surface area (Å²) in [6.45, 7) is 1.02. The number of aliphatic carboxylic acids is 1. The molecule has 2 heterocycles. The molecule has 0 radical (unpaired) electrons. The van der Waals surface area contributed by atoms with Crippen molar-refractivity contribution < 1.29 is 14.7 Å². The fourth-order valence-electron chi connectivity index (χ4n) is 1.70. The van der Waals surface area contributed by atoms with E-state index in [1.165, 1.54) is 12.3 Å². The number of hydrogen-bond donors (Lipinski definition) is 2. The predicted molar refractivity (Wildman–Crippen MR) is 75.5 cm³/mol. The third-order valence-electron chi connectivity index (χ3n) is 2.67. The molecule has 0 aliphatic carbocycles. The second-order valence-electron chi connectivity index (χ2n) is 4.17. The maximum Gasteiger partial charge on any atom is 0.328 e. The van der Waals surface area contributed by atoms with Crippen molar-refractivity contribution >= 4 is 18.0 Å². The van der Waals surface area contributed by atoms with Gasteiger partial charge in [0.15, 0.2) is 0 Å². The molecule has 2 aromatic rings. The number of rotatable bonds is 6. The van der Waals surface area contributed by atoms with Crippen LogP contribution in [0.15, 0.2) is 43.1 Å². The van der Waals surface area contributed by atoms with Crippen molar-refractivity contribution in [2.75, 3.05) is 6.54 Å². The van der Waals surface area contributed by atoms with Crippen molar-refractivity contribution in [3.05, 3.63) is 54.4 Å². The van der Waals surface area contributed by atoms with Crippen molar-refractivity contribution in [1.29, 1.82) is 0 Å². The number of nitrogens with zero attached hydrogens (tertiary/aromatic N) is 3. The molecule has 0 saturated heterocycles. The molecule has 2 rings (SSSR count). The molecule has 7 nitrogen and oxygen atoms in total. The van der Waals surface area contributed by atoms with Gasteiger partial charge in [-0.3, -0.25) is 9.78 Å². The third kappa shape index (κ3) is 4.27. The summed E-state index contributed by atoms with van der Waals surface area (Å²) in [6, 6.07) is 3.28. The Labute approximate surface area is 121 Å². The van der Waals surface area contributed by atoms with Crippen LogP contribution in [-0.2, 0) is 11.3 Å². The molecule has 0 bridgehead atoms. The summed E-state index contributed by atoms with van der Waals surface area (Å²) in [5.41, 5.74) is 0.653. The summed E-state index contributed by atoms with van der Waals surface area (Å²) in [5, 5.41) is 11.4. The first-order chi connectivity index (χ1) is 10.2. The van der Waals surface area contributed by atoms with Gasteiger partial charge in [0.25, 0.3) is 5.91 Å². The molecule has 1 amide bonds. The van der Waals surface area contributed by atoms with E-state index in [0.29, 0.717) is 18.7 Å². The topological polar surface area (TPSA) is 97.1 Å². The van der Waals surface area contributed by atoms with E-state index >= 15 is 0 Å². The zero-order chi connectivity index (χ0) is 15.1. The van der Waals surface area contributed by atoms with Crippen molar-refractivity contribution in [2.45, 2.75) is 6.54 Å². The van der Waals surface area contributed by atoms with Crippen LogP contribution in [0.1, 0.15) is 16.1 Å². The number of imidazole rings is 1. The van der Waals surface area contributed by atoms with Crippen molar-refractivity contribution in [2.24, 2.45) is 0 Å². The standard InChI is InChI=1S/C14H14N4O3/c19-12(20)4-3-11-2-1-5-16-13(11)14(21)17-7-9-18-8-6-15-10-18/h1-6,8,10H,7,9H2,(H,17,21)(H,19,20)/b4-3+. The van der Waals surface area contributed by atoms with Crippen LogP contribution in [-0.4, -0.2) is 38.1 Å². The molecule has 0 saturated carbocycles. The summed E-state index contributed by atoms with van der Waals surface area (Å²) >= 11 is 0. The maximum atomic E-state index is 12.1. The zero-order valence-electron chi connectivity index (χ0n) is 11.1. The van der Waals surface area contributed by atoms with Gasteiger partial charge in [0.05, 0.1) is 6.33 Å². The highest BCUT2D eigenvalue weighted by Gasteiger charge is 2.10. The molecule has 108 valence electrons. The molecular weight excluding hydrogens is 272 g/mol. The first kappa shape index (κ1) is 14.4. The summed E-state index contributed by atoms with van der Waals surface area (Å²) in [6.07, 6.45) is 8.93. The van der Waals surface area contributed by atoms with Crippen LogP contribution < -0.4 is 5.32 Å². The van der Waals surface area contributed by atoms with Crippen molar-refractivity contribution in [3.63, 3.8) is 0 Å². The van der Waals surface area contributed by atoms with Crippen LogP contribution >= 0.6 is 0 Å². The lowest BCUT2D eigenvalue weighted by molar-refractivity contribution is -0.131. The van der Waals surface area contributed by atoms with Gasteiger partial charge in [-0.2, -0.15) is 0 Å². The van der Waals surface area contributed by atoms with Crippen LogP contribution in [0.4, 0.5) is 0 Å². The molecule has 0 atom stereocenters. The molecule has 7 heteroatoms. The number of carboxylic acid groups (broad SMARTS) is 1. The number of amides is 1. The van der Waals surface area contributed by atoms with Gasteiger partial charge in [0.1, 0.15) is 5.69 Å². The zero-order valence-corrected chi connectivity index (χ0v) is 11.1. The number of carboxylic acids is 1. The molecule has 2 N–H and O–H groups in total. The molecule has 0 fully saturated rings. The Bertz CT molecular complexity index is 650. The molecule has 0 aliphatic rings. The normalized spacial score (nSPS) is 10.7. The molecule has 2 aromatic heterocycles. The van der Waals surface area contributed by atoms with Crippen LogP contribution in [0.2, 0.25) is 0 Å². The van der Waals surface area contributed by atoms with E-state index in [1.807, 2.05) is 4.57 Å². The fraction of sp³-hybridized carbons (Fsp3) is 0.143. The van der Waals surface area contributed by atoms with Crippen molar-refractivity contribution in [1.82, 2.24) is 19.9 Å². The minimum Gasteiger partial charge on any atom is -0.478 e. The minimum atomic E-state index is -1.08. The summed E-state index contributed by atoms with van der Waals surface area (Å²) in [7, 11) is 0. The number of nitrogens with one attached hydrogen (secondary N) is 1. The van der Waals surface area contributed by atoms with E-state index in [-0.39, 0.29) is 11.6 Å². The molecule has 0 aliphatic heterocycles. The number of aromatic nitrogens is 3. The maximum absolute atomic E-state index is 12.1. The van der Waals surface area contributed by atoms with Crippen LogP contribution in [0.3, 0.4) is 0 Å². The Hall–Kier alpha value is -2.96. The van der Waals surface area contributed by atoms with Gasteiger partial charge < -0.3 is 15.0 Å². The Balaban J connectivity index is 2.00. The molecule has 0 unspecified atom stereocenters. The van der Waals surface area contributed by atoms with E-state index in [1.54, 1.807) is 30.9 Å². The highest BCUT2D eigenvalue weighted by Crippen LogP contribution is 2.07. The second kappa shape index (κ2) is 6.99. The minimum absolute atomic E-state index is 0.195. The smallest absolute Gasteiger partial charge is 0.328 e. The highest BCUT2D eigenvalue weighted by atomic mass is 16.4. The molecule has 0 aromatic carbocycles. The lowest BCUT2D eigenvalue weighted by Gasteiger charge is -2.07.